The molecule has 3 nitrogen and oxygen atoms in total. The number of hydrogen-bond donors (Lipinski definition) is 2. The Balaban J connectivity index is 2.19. The van der Waals surface area contributed by atoms with Gasteiger partial charge in [0, 0.05) is 17.9 Å². The van der Waals surface area contributed by atoms with Crippen molar-refractivity contribution in [1.82, 2.24) is 0 Å². The predicted octanol–water partition coefficient (Wildman–Crippen LogP) is 6.96. The van der Waals surface area contributed by atoms with Crippen molar-refractivity contribution in [3.63, 3.8) is 0 Å². The Bertz CT molecular complexity index is 797. The summed E-state index contributed by atoms with van der Waals surface area (Å²) in [7, 11) is 0. The highest BCUT2D eigenvalue weighted by molar-refractivity contribution is 5.74. The number of carbonyl (C=O) groups is 1. The molecule has 0 aliphatic heterocycles. The maximum atomic E-state index is 11.6. The third kappa shape index (κ3) is 6.36. The van der Waals surface area contributed by atoms with Gasteiger partial charge in [0.25, 0.3) is 0 Å². The molecule has 3 heteroatoms. The third-order valence-electron chi connectivity index (χ3n) is 9.13. The van der Waals surface area contributed by atoms with Gasteiger partial charge in [0.1, 0.15) is 6.29 Å². The lowest BCUT2D eigenvalue weighted by Gasteiger charge is -2.53. The Hall–Kier alpha value is -1.45. The molecule has 2 aliphatic carbocycles. The van der Waals surface area contributed by atoms with E-state index in [1.165, 1.54) is 23.1 Å². The summed E-state index contributed by atoms with van der Waals surface area (Å²) in [5.74, 6) is 2.00. The van der Waals surface area contributed by atoms with Crippen molar-refractivity contribution in [3.05, 3.63) is 46.6 Å². The second-order valence-electron chi connectivity index (χ2n) is 11.3. The molecule has 0 aromatic rings. The molecule has 6 atom stereocenters. The van der Waals surface area contributed by atoms with E-state index in [-0.39, 0.29) is 17.9 Å². The molecule has 0 unspecified atom stereocenters. The molecule has 2 rings (SSSR count). The average Bonchev–Trinajstić information content (AvgIpc) is 2.77. The fourth-order valence-electron chi connectivity index (χ4n) is 6.12. The summed E-state index contributed by atoms with van der Waals surface area (Å²) in [6, 6.07) is 0. The molecule has 0 saturated heterocycles. The van der Waals surface area contributed by atoms with Gasteiger partial charge in [-0.05, 0) is 96.0 Å². The molecule has 0 heterocycles. The van der Waals surface area contributed by atoms with E-state index in [0.717, 1.165) is 37.5 Å². The molecule has 1 fully saturated rings. The van der Waals surface area contributed by atoms with Crippen molar-refractivity contribution in [1.29, 1.82) is 0 Å². The fourth-order valence-corrected chi connectivity index (χ4v) is 6.12. The number of aliphatic hydroxyl groups excluding tert-OH is 1. The van der Waals surface area contributed by atoms with E-state index >= 15 is 0 Å². The summed E-state index contributed by atoms with van der Waals surface area (Å²) in [6.45, 7) is 15.3. The van der Waals surface area contributed by atoms with Gasteiger partial charge in [0.05, 0.1) is 5.60 Å². The minimum absolute atomic E-state index is 0.111. The van der Waals surface area contributed by atoms with E-state index in [4.69, 9.17) is 0 Å². The Labute approximate surface area is 202 Å². The van der Waals surface area contributed by atoms with Gasteiger partial charge >= 0.3 is 0 Å². The number of aliphatic hydroxyl groups is 2. The van der Waals surface area contributed by atoms with Crippen molar-refractivity contribution in [3.8, 4) is 0 Å². The summed E-state index contributed by atoms with van der Waals surface area (Å²) >= 11 is 0. The average molecular weight is 457 g/mol. The Morgan fingerprint density at radius 1 is 1.24 bits per heavy atom. The Morgan fingerprint density at radius 3 is 2.58 bits per heavy atom. The largest absolute Gasteiger partial charge is 0.396 e. The lowest BCUT2D eigenvalue weighted by molar-refractivity contribution is -0.115. The van der Waals surface area contributed by atoms with Gasteiger partial charge in [-0.3, -0.25) is 4.79 Å². The van der Waals surface area contributed by atoms with Gasteiger partial charge in [-0.1, -0.05) is 61.8 Å². The van der Waals surface area contributed by atoms with Crippen LogP contribution in [0.1, 0.15) is 93.4 Å². The van der Waals surface area contributed by atoms with Crippen LogP contribution >= 0.6 is 0 Å². The van der Waals surface area contributed by atoms with Gasteiger partial charge in [-0.15, -0.1) is 0 Å². The molecular formula is C30H48O3. The van der Waals surface area contributed by atoms with Crippen molar-refractivity contribution in [2.45, 2.75) is 99.0 Å². The van der Waals surface area contributed by atoms with Crippen LogP contribution in [0.4, 0.5) is 0 Å². The first-order valence-corrected chi connectivity index (χ1v) is 13.0. The van der Waals surface area contributed by atoms with E-state index in [1.54, 1.807) is 0 Å². The minimum atomic E-state index is -0.799. The zero-order valence-corrected chi connectivity index (χ0v) is 22.2. The van der Waals surface area contributed by atoms with Crippen LogP contribution in [-0.4, -0.2) is 28.7 Å². The second-order valence-corrected chi connectivity index (χ2v) is 11.3. The molecule has 2 N–H and O–H groups in total. The predicted molar refractivity (Wildman–Crippen MR) is 139 cm³/mol. The highest BCUT2D eigenvalue weighted by Gasteiger charge is 2.52. The maximum Gasteiger partial charge on any atom is 0.145 e. The summed E-state index contributed by atoms with van der Waals surface area (Å²) in [5.41, 5.74) is 3.58. The van der Waals surface area contributed by atoms with Gasteiger partial charge in [0.15, 0.2) is 0 Å². The molecule has 2 aliphatic rings. The quantitative estimate of drug-likeness (QED) is 0.171. The van der Waals surface area contributed by atoms with E-state index in [0.29, 0.717) is 30.6 Å². The molecule has 0 amide bonds. The SMILES string of the molecule is CC1=CC[C@H](C)[C@H](C)[C@@H]1/C=C/C(C)=C/CC[C@@]1(C)[C@H](CCCO)/C(=C(/C)C=O)CC[C@]1(C)O. The number of rotatable bonds is 9. The summed E-state index contributed by atoms with van der Waals surface area (Å²) in [4.78, 5) is 11.6. The first-order valence-electron chi connectivity index (χ1n) is 13.0. The number of carbonyl (C=O) groups excluding carboxylic acids is 1. The van der Waals surface area contributed by atoms with Crippen LogP contribution in [0.15, 0.2) is 46.6 Å². The highest BCUT2D eigenvalue weighted by atomic mass is 16.3. The van der Waals surface area contributed by atoms with Crippen LogP contribution in [0.2, 0.25) is 0 Å². The molecular weight excluding hydrogens is 408 g/mol. The van der Waals surface area contributed by atoms with Gasteiger partial charge in [-0.25, -0.2) is 0 Å². The third-order valence-corrected chi connectivity index (χ3v) is 9.13. The first kappa shape index (κ1) is 27.8. The molecule has 33 heavy (non-hydrogen) atoms. The van der Waals surface area contributed by atoms with Crippen LogP contribution in [0.3, 0.4) is 0 Å². The van der Waals surface area contributed by atoms with E-state index in [2.05, 4.69) is 58.9 Å². The van der Waals surface area contributed by atoms with Crippen molar-refractivity contribution in [2.75, 3.05) is 6.61 Å². The maximum absolute atomic E-state index is 11.6. The van der Waals surface area contributed by atoms with E-state index in [1.807, 2.05) is 13.8 Å². The normalized spacial score (nSPS) is 37.2. The molecule has 1 saturated carbocycles. The topological polar surface area (TPSA) is 57.5 Å². The summed E-state index contributed by atoms with van der Waals surface area (Å²) < 4.78 is 0. The van der Waals surface area contributed by atoms with Crippen LogP contribution in [0.5, 0.6) is 0 Å². The Kier molecular flexibility index (Phi) is 9.94. The lowest BCUT2D eigenvalue weighted by Crippen LogP contribution is -2.52. The van der Waals surface area contributed by atoms with Crippen molar-refractivity contribution < 1.29 is 15.0 Å². The van der Waals surface area contributed by atoms with Crippen molar-refractivity contribution >= 4 is 6.29 Å². The highest BCUT2D eigenvalue weighted by Crippen LogP contribution is 2.55. The lowest BCUT2D eigenvalue weighted by atomic mass is 9.54. The monoisotopic (exact) mass is 456 g/mol. The minimum Gasteiger partial charge on any atom is -0.396 e. The van der Waals surface area contributed by atoms with Gasteiger partial charge in [0.2, 0.25) is 0 Å². The van der Waals surface area contributed by atoms with E-state index < -0.39 is 5.60 Å². The van der Waals surface area contributed by atoms with Crippen LogP contribution in [0, 0.1) is 29.1 Å². The van der Waals surface area contributed by atoms with Gasteiger partial charge < -0.3 is 10.2 Å². The number of allylic oxidation sites excluding steroid dienone is 8. The zero-order valence-electron chi connectivity index (χ0n) is 22.2. The first-order chi connectivity index (χ1) is 15.5. The molecule has 0 spiro atoms. The summed E-state index contributed by atoms with van der Waals surface area (Å²) in [6.07, 6.45) is 16.1. The molecule has 0 bridgehead atoms. The molecule has 0 aromatic carbocycles. The van der Waals surface area contributed by atoms with Crippen LogP contribution in [-0.2, 0) is 4.79 Å². The fraction of sp³-hybridized carbons (Fsp3) is 0.700. The standard InChI is InChI=1S/C30H48O3/c1-21(12-15-26-23(3)14-13-22(2)25(26)5)10-8-17-29(6)28(11-9-19-31)27(24(4)20-32)16-18-30(29,7)33/h10,12,14-15,20,22,25-26,28,31,33H,8-9,11,13,16-19H2,1-7H3/b15-12+,21-10+,27-24-/t22-,25-,26+,28+,29-,30-/m0/s1. The summed E-state index contributed by atoms with van der Waals surface area (Å²) in [5, 5.41) is 20.9. The van der Waals surface area contributed by atoms with Crippen LogP contribution < -0.4 is 0 Å². The van der Waals surface area contributed by atoms with E-state index in [9.17, 15) is 15.0 Å². The van der Waals surface area contributed by atoms with Crippen molar-refractivity contribution in [2.24, 2.45) is 29.1 Å². The smallest absolute Gasteiger partial charge is 0.145 e. The number of aldehydes is 1. The molecule has 0 aromatic heterocycles. The zero-order chi connectivity index (χ0) is 24.8. The van der Waals surface area contributed by atoms with Gasteiger partial charge in [-0.2, -0.15) is 0 Å². The molecule has 186 valence electrons. The van der Waals surface area contributed by atoms with Crippen LogP contribution in [0.25, 0.3) is 0 Å². The second kappa shape index (κ2) is 11.8. The number of hydrogen-bond acceptors (Lipinski definition) is 3. The Morgan fingerprint density at radius 2 is 1.94 bits per heavy atom. The molecule has 0 radical (unpaired) electrons.